The number of fused-ring (bicyclic) bond motifs is 1. The van der Waals surface area contributed by atoms with Gasteiger partial charge in [0.25, 0.3) is 0 Å². The van der Waals surface area contributed by atoms with Crippen molar-refractivity contribution in [2.45, 2.75) is 0 Å². The Morgan fingerprint density at radius 1 is 1.36 bits per heavy atom. The molecule has 0 aliphatic rings. The minimum Gasteiger partial charge on any atom is -0.263 e. The maximum atomic E-state index is 10.3. The smallest absolute Gasteiger partial charge is 0.263 e. The van der Waals surface area contributed by atoms with Crippen LogP contribution in [0.4, 0.5) is 0 Å². The standard InChI is InChI=1S/C8H5N2O/c11-6-10-5-9-7-3-1-2-4-8(7)10/h1-5H. The average Bonchev–Trinajstić information content (AvgIpc) is 2.47. The average molecular weight is 145 g/mol. The van der Waals surface area contributed by atoms with Gasteiger partial charge in [-0.2, -0.15) is 0 Å². The molecule has 3 heteroatoms. The first kappa shape index (κ1) is 6.09. The van der Waals surface area contributed by atoms with Crippen molar-refractivity contribution in [3.63, 3.8) is 0 Å². The van der Waals surface area contributed by atoms with Crippen LogP contribution in [0.15, 0.2) is 30.6 Å². The van der Waals surface area contributed by atoms with E-state index in [1.54, 1.807) is 6.41 Å². The van der Waals surface area contributed by atoms with Gasteiger partial charge in [-0.3, -0.25) is 9.36 Å². The molecule has 2 rings (SSSR count). The predicted octanol–water partition coefficient (Wildman–Crippen LogP) is 0.952. The van der Waals surface area contributed by atoms with Gasteiger partial charge in [-0.1, -0.05) is 12.1 Å². The maximum Gasteiger partial charge on any atom is 0.322 e. The van der Waals surface area contributed by atoms with Crippen LogP contribution in [0, 0.1) is 0 Å². The Balaban J connectivity index is 2.86. The lowest BCUT2D eigenvalue weighted by Crippen LogP contribution is -1.89. The van der Waals surface area contributed by atoms with E-state index >= 15 is 0 Å². The Morgan fingerprint density at radius 2 is 2.18 bits per heavy atom. The molecule has 11 heavy (non-hydrogen) atoms. The van der Waals surface area contributed by atoms with Crippen LogP contribution in [0.5, 0.6) is 0 Å². The van der Waals surface area contributed by atoms with E-state index in [1.165, 1.54) is 10.9 Å². The summed E-state index contributed by atoms with van der Waals surface area (Å²) >= 11 is 0. The van der Waals surface area contributed by atoms with Crippen LogP contribution in [0.1, 0.15) is 0 Å². The lowest BCUT2D eigenvalue weighted by atomic mass is 10.3. The Labute approximate surface area is 63.3 Å². The van der Waals surface area contributed by atoms with Crippen LogP contribution in [-0.2, 0) is 4.79 Å². The van der Waals surface area contributed by atoms with E-state index in [4.69, 9.17) is 0 Å². The minimum atomic E-state index is 0.794. The molecule has 1 radical (unpaired) electrons. The van der Waals surface area contributed by atoms with Crippen LogP contribution in [0.2, 0.25) is 0 Å². The molecule has 0 aliphatic carbocycles. The van der Waals surface area contributed by atoms with Gasteiger partial charge in [-0.15, -0.1) is 0 Å². The molecular formula is C8H5N2O. The van der Waals surface area contributed by atoms with Crippen molar-refractivity contribution in [2.75, 3.05) is 0 Å². The Bertz CT molecular complexity index is 392. The highest BCUT2D eigenvalue weighted by Gasteiger charge is 1.98. The quantitative estimate of drug-likeness (QED) is 0.598. The summed E-state index contributed by atoms with van der Waals surface area (Å²) in [6.45, 7) is 0. The van der Waals surface area contributed by atoms with Gasteiger partial charge in [-0.05, 0) is 12.1 Å². The number of hydrogen-bond acceptors (Lipinski definition) is 2. The van der Waals surface area contributed by atoms with Crippen LogP contribution in [0.25, 0.3) is 11.0 Å². The fourth-order valence-corrected chi connectivity index (χ4v) is 1.03. The molecule has 0 N–H and O–H groups in total. The van der Waals surface area contributed by atoms with E-state index < -0.39 is 0 Å². The van der Waals surface area contributed by atoms with Crippen molar-refractivity contribution < 1.29 is 4.79 Å². The van der Waals surface area contributed by atoms with Crippen molar-refractivity contribution in [3.8, 4) is 0 Å². The third kappa shape index (κ3) is 0.816. The normalized spacial score (nSPS) is 10.2. The molecule has 0 saturated heterocycles. The van der Waals surface area contributed by atoms with Crippen LogP contribution in [-0.4, -0.2) is 16.0 Å². The summed E-state index contributed by atoms with van der Waals surface area (Å²) in [5, 5.41) is 0. The summed E-state index contributed by atoms with van der Waals surface area (Å²) in [6, 6.07) is 7.42. The van der Waals surface area contributed by atoms with E-state index in [1.807, 2.05) is 24.3 Å². The summed E-state index contributed by atoms with van der Waals surface area (Å²) in [5.41, 5.74) is 1.61. The first-order valence-electron chi connectivity index (χ1n) is 3.22. The first-order chi connectivity index (χ1) is 5.42. The number of carbonyl (C=O) groups excluding carboxylic acids is 1. The van der Waals surface area contributed by atoms with Crippen LogP contribution >= 0.6 is 0 Å². The Kier molecular flexibility index (Phi) is 1.22. The highest BCUT2D eigenvalue weighted by molar-refractivity contribution is 5.81. The van der Waals surface area contributed by atoms with Gasteiger partial charge < -0.3 is 0 Å². The molecule has 0 unspecified atom stereocenters. The number of para-hydroxylation sites is 2. The summed E-state index contributed by atoms with van der Waals surface area (Å²) in [5.74, 6) is 0. The molecule has 0 spiro atoms. The second kappa shape index (κ2) is 2.20. The van der Waals surface area contributed by atoms with Crippen LogP contribution < -0.4 is 0 Å². The molecule has 3 nitrogen and oxygen atoms in total. The molecule has 0 saturated carbocycles. The van der Waals surface area contributed by atoms with Gasteiger partial charge in [0, 0.05) is 0 Å². The number of rotatable bonds is 1. The van der Waals surface area contributed by atoms with Crippen molar-refractivity contribution in [3.05, 3.63) is 30.6 Å². The van der Waals surface area contributed by atoms with Gasteiger partial charge in [0.05, 0.1) is 11.0 Å². The maximum absolute atomic E-state index is 10.3. The summed E-state index contributed by atoms with van der Waals surface area (Å²) < 4.78 is 1.33. The molecule has 0 atom stereocenters. The van der Waals surface area contributed by atoms with E-state index in [0.29, 0.717) is 0 Å². The van der Waals surface area contributed by atoms with Gasteiger partial charge in [-0.25, -0.2) is 4.98 Å². The zero-order valence-electron chi connectivity index (χ0n) is 5.69. The van der Waals surface area contributed by atoms with E-state index in [0.717, 1.165) is 11.0 Å². The molecule has 0 bridgehead atoms. The van der Waals surface area contributed by atoms with Gasteiger partial charge in [0.2, 0.25) is 0 Å². The Morgan fingerprint density at radius 3 is 3.00 bits per heavy atom. The largest absolute Gasteiger partial charge is 0.322 e. The summed E-state index contributed by atoms with van der Waals surface area (Å²) in [6.07, 6.45) is 3.21. The third-order valence-electron chi connectivity index (χ3n) is 1.55. The zero-order chi connectivity index (χ0) is 7.68. The molecule has 1 aromatic heterocycles. The van der Waals surface area contributed by atoms with Gasteiger partial charge in [0.1, 0.15) is 6.33 Å². The number of hydrogen-bond donors (Lipinski definition) is 0. The minimum absolute atomic E-state index is 0.794. The lowest BCUT2D eigenvalue weighted by molar-refractivity contribution is 0.548. The molecule has 0 aliphatic heterocycles. The fourth-order valence-electron chi connectivity index (χ4n) is 1.03. The molecule has 2 aromatic rings. The SMILES string of the molecule is O=[C]n1cnc2ccccc21. The van der Waals surface area contributed by atoms with Crippen LogP contribution in [0.3, 0.4) is 0 Å². The molecule has 0 amide bonds. The van der Waals surface area contributed by atoms with Crippen molar-refractivity contribution in [2.24, 2.45) is 0 Å². The molecule has 53 valence electrons. The fraction of sp³-hybridized carbons (Fsp3) is 0. The highest BCUT2D eigenvalue weighted by atomic mass is 16.1. The van der Waals surface area contributed by atoms with Gasteiger partial charge >= 0.3 is 6.41 Å². The zero-order valence-corrected chi connectivity index (χ0v) is 5.69. The predicted molar refractivity (Wildman–Crippen MR) is 40.8 cm³/mol. The second-order valence-corrected chi connectivity index (χ2v) is 2.19. The summed E-state index contributed by atoms with van der Waals surface area (Å²) in [7, 11) is 0. The van der Waals surface area contributed by atoms with Gasteiger partial charge in [0.15, 0.2) is 0 Å². The highest BCUT2D eigenvalue weighted by Crippen LogP contribution is 2.09. The number of imidazole rings is 1. The number of nitrogens with zero attached hydrogens (tertiary/aromatic N) is 2. The lowest BCUT2D eigenvalue weighted by Gasteiger charge is -1.87. The van der Waals surface area contributed by atoms with E-state index in [-0.39, 0.29) is 0 Å². The van der Waals surface area contributed by atoms with Crippen molar-refractivity contribution in [1.29, 1.82) is 0 Å². The monoisotopic (exact) mass is 145 g/mol. The van der Waals surface area contributed by atoms with E-state index in [2.05, 4.69) is 4.98 Å². The molecule has 1 heterocycles. The molecule has 0 fully saturated rings. The molecular weight excluding hydrogens is 140 g/mol. The first-order valence-corrected chi connectivity index (χ1v) is 3.22. The Hall–Kier alpha value is -1.64. The third-order valence-corrected chi connectivity index (χ3v) is 1.55. The summed E-state index contributed by atoms with van der Waals surface area (Å²) in [4.78, 5) is 14.3. The topological polar surface area (TPSA) is 34.9 Å². The molecule has 1 aromatic carbocycles. The van der Waals surface area contributed by atoms with Crippen molar-refractivity contribution >= 4 is 17.4 Å². The number of aromatic nitrogens is 2. The second-order valence-electron chi connectivity index (χ2n) is 2.19. The number of benzene rings is 1. The van der Waals surface area contributed by atoms with E-state index in [9.17, 15) is 4.79 Å². The van der Waals surface area contributed by atoms with Crippen molar-refractivity contribution in [1.82, 2.24) is 9.55 Å².